The average Bonchev–Trinajstić information content (AvgIpc) is 2.02. The first-order chi connectivity index (χ1) is 6.04. The maximum Gasteiger partial charge on any atom is 0.312 e. The second kappa shape index (κ2) is 6.46. The minimum Gasteiger partial charge on any atom is -0.352 e. The van der Waals surface area contributed by atoms with Gasteiger partial charge in [-0.15, -0.1) is 0 Å². The van der Waals surface area contributed by atoms with Crippen molar-refractivity contribution in [2.45, 2.75) is 33.1 Å². The third-order valence-corrected chi connectivity index (χ3v) is 1.79. The second-order valence-electron chi connectivity index (χ2n) is 3.37. The van der Waals surface area contributed by atoms with Gasteiger partial charge in [-0.3, -0.25) is 4.79 Å². The lowest BCUT2D eigenvalue weighted by Crippen LogP contribution is -2.30. The van der Waals surface area contributed by atoms with Gasteiger partial charge in [0.25, 0.3) is 0 Å². The number of amides is 2. The summed E-state index contributed by atoms with van der Waals surface area (Å²) in [5.74, 6) is 0.392. The Balaban J connectivity index is 3.26. The number of carbonyl (C=O) groups excluding carboxylic acids is 2. The van der Waals surface area contributed by atoms with Crippen LogP contribution in [0.1, 0.15) is 33.1 Å². The van der Waals surface area contributed by atoms with E-state index in [-0.39, 0.29) is 11.7 Å². The second-order valence-corrected chi connectivity index (χ2v) is 3.37. The molecular weight excluding hydrogens is 168 g/mol. The number of nitrogens with one attached hydrogen (secondary N) is 1. The molecule has 2 amide bonds. The number of Topliss-reactive ketones (excluding diaryl/α,β-unsaturated/α-hetero) is 1. The number of nitrogens with two attached hydrogens (primary N) is 1. The van der Waals surface area contributed by atoms with Crippen molar-refractivity contribution in [3.8, 4) is 0 Å². The number of ketones is 1. The lowest BCUT2D eigenvalue weighted by atomic mass is 10.0. The fraction of sp³-hybridized carbons (Fsp3) is 0.778. The van der Waals surface area contributed by atoms with Crippen LogP contribution in [0.4, 0.5) is 4.79 Å². The van der Waals surface area contributed by atoms with Gasteiger partial charge in [0, 0.05) is 18.9 Å². The quantitative estimate of drug-likeness (QED) is 0.608. The molecule has 0 atom stereocenters. The molecule has 0 radical (unpaired) electrons. The van der Waals surface area contributed by atoms with Gasteiger partial charge >= 0.3 is 6.03 Å². The summed E-state index contributed by atoms with van der Waals surface area (Å²) in [5.41, 5.74) is 4.87. The third kappa shape index (κ3) is 7.31. The van der Waals surface area contributed by atoms with Gasteiger partial charge in [0.2, 0.25) is 0 Å². The van der Waals surface area contributed by atoms with Gasteiger partial charge in [0.05, 0.1) is 0 Å². The van der Waals surface area contributed by atoms with Crippen LogP contribution in [0, 0.1) is 5.92 Å². The van der Waals surface area contributed by atoms with Crippen molar-refractivity contribution in [1.29, 1.82) is 0 Å². The summed E-state index contributed by atoms with van der Waals surface area (Å²) in [6, 6.07) is -0.504. The van der Waals surface area contributed by atoms with Crippen LogP contribution in [0.25, 0.3) is 0 Å². The van der Waals surface area contributed by atoms with Gasteiger partial charge < -0.3 is 11.1 Å². The van der Waals surface area contributed by atoms with E-state index in [1.54, 1.807) is 0 Å². The van der Waals surface area contributed by atoms with Gasteiger partial charge in [0.15, 0.2) is 0 Å². The SMILES string of the molecule is CC(C)C(=O)CCCCNC(N)=O. The molecular formula is C9H18N2O2. The van der Waals surface area contributed by atoms with Gasteiger partial charge in [-0.2, -0.15) is 0 Å². The summed E-state index contributed by atoms with van der Waals surface area (Å²) in [5, 5.41) is 2.48. The number of hydrogen-bond acceptors (Lipinski definition) is 2. The zero-order valence-electron chi connectivity index (χ0n) is 8.30. The summed E-state index contributed by atoms with van der Waals surface area (Å²) in [4.78, 5) is 21.4. The smallest absolute Gasteiger partial charge is 0.312 e. The monoisotopic (exact) mass is 186 g/mol. The van der Waals surface area contributed by atoms with E-state index in [2.05, 4.69) is 5.32 Å². The molecule has 0 aromatic heterocycles. The Morgan fingerprint density at radius 2 is 1.92 bits per heavy atom. The Labute approximate surface area is 78.9 Å². The molecule has 4 nitrogen and oxygen atoms in total. The third-order valence-electron chi connectivity index (χ3n) is 1.79. The zero-order valence-corrected chi connectivity index (χ0v) is 8.30. The average molecular weight is 186 g/mol. The molecule has 0 fully saturated rings. The van der Waals surface area contributed by atoms with Crippen LogP contribution in [0.3, 0.4) is 0 Å². The van der Waals surface area contributed by atoms with Crippen molar-refractivity contribution >= 4 is 11.8 Å². The topological polar surface area (TPSA) is 72.2 Å². The molecule has 76 valence electrons. The molecule has 0 aliphatic heterocycles. The number of unbranched alkanes of at least 4 members (excludes halogenated alkanes) is 1. The van der Waals surface area contributed by atoms with Crippen LogP contribution in [0.2, 0.25) is 0 Å². The fourth-order valence-electron chi connectivity index (χ4n) is 0.924. The number of rotatable bonds is 6. The van der Waals surface area contributed by atoms with E-state index < -0.39 is 6.03 Å². The molecule has 0 aliphatic rings. The Hall–Kier alpha value is -1.06. The molecule has 3 N–H and O–H groups in total. The first-order valence-corrected chi connectivity index (χ1v) is 4.60. The van der Waals surface area contributed by atoms with Crippen LogP contribution >= 0.6 is 0 Å². The number of hydrogen-bond donors (Lipinski definition) is 2. The minimum absolute atomic E-state index is 0.115. The molecule has 0 unspecified atom stereocenters. The standard InChI is InChI=1S/C9H18N2O2/c1-7(2)8(12)5-3-4-6-11-9(10)13/h7H,3-6H2,1-2H3,(H3,10,11,13). The lowest BCUT2D eigenvalue weighted by molar-refractivity contribution is -0.122. The van der Waals surface area contributed by atoms with E-state index in [4.69, 9.17) is 5.73 Å². The summed E-state index contributed by atoms with van der Waals surface area (Å²) in [6.07, 6.45) is 2.22. The molecule has 0 aromatic rings. The van der Waals surface area contributed by atoms with Crippen molar-refractivity contribution < 1.29 is 9.59 Å². The van der Waals surface area contributed by atoms with Crippen LogP contribution in [-0.2, 0) is 4.79 Å². The summed E-state index contributed by atoms with van der Waals surface area (Å²) in [7, 11) is 0. The highest BCUT2D eigenvalue weighted by atomic mass is 16.2. The minimum atomic E-state index is -0.504. The molecule has 0 saturated carbocycles. The van der Waals surface area contributed by atoms with Crippen molar-refractivity contribution in [1.82, 2.24) is 5.32 Å². The van der Waals surface area contributed by atoms with Gasteiger partial charge in [-0.1, -0.05) is 13.8 Å². The van der Waals surface area contributed by atoms with E-state index in [1.807, 2.05) is 13.8 Å². The summed E-state index contributed by atoms with van der Waals surface area (Å²) in [6.45, 7) is 4.34. The molecule has 0 spiro atoms. The molecule has 0 aliphatic carbocycles. The predicted molar refractivity (Wildman–Crippen MR) is 51.3 cm³/mol. The Bertz CT molecular complexity index is 178. The Morgan fingerprint density at radius 3 is 2.38 bits per heavy atom. The maximum atomic E-state index is 11.1. The largest absolute Gasteiger partial charge is 0.352 e. The van der Waals surface area contributed by atoms with E-state index in [0.29, 0.717) is 13.0 Å². The maximum absolute atomic E-state index is 11.1. The van der Waals surface area contributed by atoms with E-state index >= 15 is 0 Å². The Kier molecular flexibility index (Phi) is 5.93. The lowest BCUT2D eigenvalue weighted by Gasteiger charge is -2.03. The van der Waals surface area contributed by atoms with Crippen molar-refractivity contribution in [2.24, 2.45) is 11.7 Å². The first kappa shape index (κ1) is 11.9. The number of primary amides is 1. The van der Waals surface area contributed by atoms with Crippen LogP contribution < -0.4 is 11.1 Å². The van der Waals surface area contributed by atoms with E-state index in [1.165, 1.54) is 0 Å². The molecule has 0 rings (SSSR count). The molecule has 0 heterocycles. The van der Waals surface area contributed by atoms with Crippen LogP contribution in [0.15, 0.2) is 0 Å². The highest BCUT2D eigenvalue weighted by Crippen LogP contribution is 2.03. The van der Waals surface area contributed by atoms with E-state index in [9.17, 15) is 9.59 Å². The predicted octanol–water partition coefficient (Wildman–Crippen LogP) is 1.05. The molecule has 13 heavy (non-hydrogen) atoms. The van der Waals surface area contributed by atoms with Crippen LogP contribution in [-0.4, -0.2) is 18.4 Å². The van der Waals surface area contributed by atoms with Crippen molar-refractivity contribution in [3.63, 3.8) is 0 Å². The first-order valence-electron chi connectivity index (χ1n) is 4.60. The summed E-state index contributed by atoms with van der Waals surface area (Å²) < 4.78 is 0. The Morgan fingerprint density at radius 1 is 1.31 bits per heavy atom. The van der Waals surface area contributed by atoms with E-state index in [0.717, 1.165) is 12.8 Å². The van der Waals surface area contributed by atoms with Gasteiger partial charge in [0.1, 0.15) is 5.78 Å². The molecule has 0 saturated heterocycles. The summed E-state index contributed by atoms with van der Waals surface area (Å²) >= 11 is 0. The fourth-order valence-corrected chi connectivity index (χ4v) is 0.924. The van der Waals surface area contributed by atoms with Gasteiger partial charge in [-0.05, 0) is 12.8 Å². The highest BCUT2D eigenvalue weighted by molar-refractivity contribution is 5.80. The van der Waals surface area contributed by atoms with Crippen molar-refractivity contribution in [2.75, 3.05) is 6.54 Å². The normalized spacial score (nSPS) is 10.1. The highest BCUT2D eigenvalue weighted by Gasteiger charge is 2.05. The zero-order chi connectivity index (χ0) is 10.3. The molecule has 0 aromatic carbocycles. The number of carbonyl (C=O) groups is 2. The molecule has 0 bridgehead atoms. The number of urea groups is 1. The van der Waals surface area contributed by atoms with Gasteiger partial charge in [-0.25, -0.2) is 4.79 Å². The van der Waals surface area contributed by atoms with Crippen LogP contribution in [0.5, 0.6) is 0 Å². The van der Waals surface area contributed by atoms with Crippen molar-refractivity contribution in [3.05, 3.63) is 0 Å². The molecule has 4 heteroatoms.